The second-order valence-corrected chi connectivity index (χ2v) is 5.85. The number of ketones is 1. The highest BCUT2D eigenvalue weighted by atomic mass is 16.1. The number of hydrogen-bond donors (Lipinski definition) is 0. The average molecular weight is 284 g/mol. The van der Waals surface area contributed by atoms with Gasteiger partial charge in [-0.2, -0.15) is 0 Å². The first-order valence-corrected chi connectivity index (χ1v) is 7.36. The van der Waals surface area contributed by atoms with Gasteiger partial charge in [0.1, 0.15) is 0 Å². The molecule has 0 atom stereocenters. The lowest BCUT2D eigenvalue weighted by molar-refractivity contribution is 0.0969. The fraction of sp³-hybridized carbons (Fsp3) is 0.412. The lowest BCUT2D eigenvalue weighted by Gasteiger charge is -2.11. The summed E-state index contributed by atoms with van der Waals surface area (Å²) in [6.07, 6.45) is 2.97. The van der Waals surface area contributed by atoms with Crippen LogP contribution in [0, 0.1) is 13.8 Å². The number of hydrogen-bond acceptors (Lipinski definition) is 2. The Morgan fingerprint density at radius 1 is 1.24 bits per heavy atom. The van der Waals surface area contributed by atoms with E-state index in [4.69, 9.17) is 0 Å². The Labute approximate surface area is 124 Å². The SMILES string of the molecule is Cc1cc(C(=O)Cn2c3c(ccc2=O)CCC3)c(C)n1C. The number of carbonyl (C=O) groups is 1. The van der Waals surface area contributed by atoms with Crippen molar-refractivity contribution in [2.24, 2.45) is 7.05 Å². The largest absolute Gasteiger partial charge is 0.351 e. The quantitative estimate of drug-likeness (QED) is 0.811. The predicted molar refractivity (Wildman–Crippen MR) is 81.9 cm³/mol. The van der Waals surface area contributed by atoms with E-state index >= 15 is 0 Å². The van der Waals surface area contributed by atoms with Gasteiger partial charge >= 0.3 is 0 Å². The van der Waals surface area contributed by atoms with E-state index in [1.165, 1.54) is 5.56 Å². The van der Waals surface area contributed by atoms with Gasteiger partial charge in [0, 0.05) is 35.8 Å². The average Bonchev–Trinajstić information content (AvgIpc) is 3.02. The summed E-state index contributed by atoms with van der Waals surface area (Å²) in [4.78, 5) is 24.7. The Morgan fingerprint density at radius 3 is 2.67 bits per heavy atom. The minimum absolute atomic E-state index is 0.0126. The molecule has 0 amide bonds. The highest BCUT2D eigenvalue weighted by Crippen LogP contribution is 2.21. The molecular weight excluding hydrogens is 264 g/mol. The Balaban J connectivity index is 1.98. The third kappa shape index (κ3) is 2.24. The van der Waals surface area contributed by atoms with Gasteiger partial charge in [-0.3, -0.25) is 9.59 Å². The zero-order valence-corrected chi connectivity index (χ0v) is 12.8. The van der Waals surface area contributed by atoms with Crippen LogP contribution in [-0.4, -0.2) is 14.9 Å². The second kappa shape index (κ2) is 5.02. The Morgan fingerprint density at radius 2 is 2.00 bits per heavy atom. The van der Waals surface area contributed by atoms with Crippen molar-refractivity contribution in [3.05, 3.63) is 56.8 Å². The van der Waals surface area contributed by atoms with Crippen molar-refractivity contribution in [3.63, 3.8) is 0 Å². The van der Waals surface area contributed by atoms with Gasteiger partial charge in [0.15, 0.2) is 5.78 Å². The number of Topliss-reactive ketones (excluding diaryl/α,β-unsaturated/α-hetero) is 1. The zero-order valence-electron chi connectivity index (χ0n) is 12.8. The van der Waals surface area contributed by atoms with Gasteiger partial charge in [-0.1, -0.05) is 6.07 Å². The fourth-order valence-corrected chi connectivity index (χ4v) is 3.17. The van der Waals surface area contributed by atoms with Gasteiger partial charge in [0.25, 0.3) is 5.56 Å². The number of aromatic nitrogens is 2. The van der Waals surface area contributed by atoms with Crippen LogP contribution in [0.25, 0.3) is 0 Å². The van der Waals surface area contributed by atoms with Crippen LogP contribution in [0.1, 0.15) is 39.4 Å². The van der Waals surface area contributed by atoms with Crippen molar-refractivity contribution >= 4 is 5.78 Å². The minimum atomic E-state index is -0.0747. The standard InChI is InChI=1S/C17H20N2O2/c1-11-9-14(12(2)18(11)3)16(20)10-19-15-6-4-5-13(15)7-8-17(19)21/h7-9H,4-6,10H2,1-3H3. The molecule has 2 aromatic rings. The van der Waals surface area contributed by atoms with Crippen molar-refractivity contribution in [1.82, 2.24) is 9.13 Å². The van der Waals surface area contributed by atoms with Crippen molar-refractivity contribution in [3.8, 4) is 0 Å². The molecule has 21 heavy (non-hydrogen) atoms. The summed E-state index contributed by atoms with van der Waals surface area (Å²) < 4.78 is 3.66. The van der Waals surface area contributed by atoms with Gasteiger partial charge in [-0.25, -0.2) is 0 Å². The lowest BCUT2D eigenvalue weighted by atomic mass is 10.1. The highest BCUT2D eigenvalue weighted by Gasteiger charge is 2.20. The van der Waals surface area contributed by atoms with E-state index in [0.29, 0.717) is 0 Å². The van der Waals surface area contributed by atoms with Gasteiger partial charge in [-0.05, 0) is 44.7 Å². The van der Waals surface area contributed by atoms with Crippen LogP contribution < -0.4 is 5.56 Å². The first-order valence-electron chi connectivity index (χ1n) is 7.36. The van der Waals surface area contributed by atoms with Gasteiger partial charge in [0.2, 0.25) is 0 Å². The van der Waals surface area contributed by atoms with Crippen LogP contribution in [0.15, 0.2) is 23.0 Å². The number of carbonyl (C=O) groups excluding carboxylic acids is 1. The number of pyridine rings is 1. The Bertz CT molecular complexity index is 781. The van der Waals surface area contributed by atoms with E-state index in [0.717, 1.165) is 41.9 Å². The van der Waals surface area contributed by atoms with Crippen molar-refractivity contribution < 1.29 is 4.79 Å². The van der Waals surface area contributed by atoms with E-state index < -0.39 is 0 Å². The molecular formula is C17H20N2O2. The molecule has 0 bridgehead atoms. The summed E-state index contributed by atoms with van der Waals surface area (Å²) in [6, 6.07) is 5.40. The molecule has 2 aromatic heterocycles. The van der Waals surface area contributed by atoms with Crippen LogP contribution in [0.2, 0.25) is 0 Å². The van der Waals surface area contributed by atoms with Gasteiger partial charge in [0.05, 0.1) is 6.54 Å². The summed E-state index contributed by atoms with van der Waals surface area (Å²) in [7, 11) is 1.95. The molecule has 0 N–H and O–H groups in total. The molecule has 0 saturated heterocycles. The number of nitrogens with zero attached hydrogens (tertiary/aromatic N) is 2. The molecule has 2 heterocycles. The van der Waals surface area contributed by atoms with E-state index in [9.17, 15) is 9.59 Å². The second-order valence-electron chi connectivity index (χ2n) is 5.85. The molecule has 4 heteroatoms. The van der Waals surface area contributed by atoms with Crippen molar-refractivity contribution in [2.45, 2.75) is 39.7 Å². The van der Waals surface area contributed by atoms with E-state index in [2.05, 4.69) is 0 Å². The maximum atomic E-state index is 12.6. The summed E-state index contributed by atoms with van der Waals surface area (Å²) in [5.41, 5.74) is 4.91. The van der Waals surface area contributed by atoms with Crippen LogP contribution in [0.5, 0.6) is 0 Å². The number of rotatable bonds is 3. The molecule has 110 valence electrons. The van der Waals surface area contributed by atoms with E-state index in [-0.39, 0.29) is 17.9 Å². The summed E-state index contributed by atoms with van der Waals surface area (Å²) >= 11 is 0. The third-order valence-electron chi connectivity index (χ3n) is 4.63. The fourth-order valence-electron chi connectivity index (χ4n) is 3.17. The van der Waals surface area contributed by atoms with Crippen LogP contribution in [0.4, 0.5) is 0 Å². The molecule has 0 aromatic carbocycles. The molecule has 0 saturated carbocycles. The molecule has 1 aliphatic rings. The third-order valence-corrected chi connectivity index (χ3v) is 4.63. The minimum Gasteiger partial charge on any atom is -0.351 e. The summed E-state index contributed by atoms with van der Waals surface area (Å²) in [5, 5.41) is 0. The zero-order chi connectivity index (χ0) is 15.1. The summed E-state index contributed by atoms with van der Waals surface area (Å²) in [5.74, 6) is 0.0126. The molecule has 0 spiro atoms. The van der Waals surface area contributed by atoms with E-state index in [1.807, 2.05) is 37.6 Å². The molecule has 0 aliphatic heterocycles. The van der Waals surface area contributed by atoms with Crippen LogP contribution in [-0.2, 0) is 26.4 Å². The van der Waals surface area contributed by atoms with Gasteiger partial charge < -0.3 is 9.13 Å². The molecule has 1 aliphatic carbocycles. The van der Waals surface area contributed by atoms with Crippen LogP contribution in [0.3, 0.4) is 0 Å². The first-order chi connectivity index (χ1) is 9.99. The predicted octanol–water partition coefficient (Wildman–Crippen LogP) is 2.18. The molecule has 4 nitrogen and oxygen atoms in total. The Kier molecular flexibility index (Phi) is 3.32. The number of fused-ring (bicyclic) bond motifs is 1. The normalized spacial score (nSPS) is 13.5. The topological polar surface area (TPSA) is 44.0 Å². The lowest BCUT2D eigenvalue weighted by Crippen LogP contribution is -2.26. The maximum Gasteiger partial charge on any atom is 0.251 e. The smallest absolute Gasteiger partial charge is 0.251 e. The molecule has 0 fully saturated rings. The first kappa shape index (κ1) is 13.9. The maximum absolute atomic E-state index is 12.6. The van der Waals surface area contributed by atoms with Gasteiger partial charge in [-0.15, -0.1) is 0 Å². The Hall–Kier alpha value is -2.10. The molecule has 0 unspecified atom stereocenters. The van der Waals surface area contributed by atoms with Crippen LogP contribution >= 0.6 is 0 Å². The highest BCUT2D eigenvalue weighted by molar-refractivity contribution is 5.97. The van der Waals surface area contributed by atoms with E-state index in [1.54, 1.807) is 10.6 Å². The number of aryl methyl sites for hydroxylation is 2. The van der Waals surface area contributed by atoms with Crippen molar-refractivity contribution in [2.75, 3.05) is 0 Å². The monoisotopic (exact) mass is 284 g/mol. The van der Waals surface area contributed by atoms with Crippen molar-refractivity contribution in [1.29, 1.82) is 0 Å². The summed E-state index contributed by atoms with van der Waals surface area (Å²) in [6.45, 7) is 4.07. The molecule has 3 rings (SSSR count). The molecule has 0 radical (unpaired) electrons.